The molecule has 11 heteroatoms. The smallest absolute Gasteiger partial charge is 0.207 e. The zero-order valence-electron chi connectivity index (χ0n) is 9.43. The third-order valence-corrected chi connectivity index (χ3v) is 4.14. The summed E-state index contributed by atoms with van der Waals surface area (Å²) < 4.78 is 110. The lowest BCUT2D eigenvalue weighted by atomic mass is 10.2. The molecule has 0 unspecified atom stereocenters. The molecule has 0 aliphatic heterocycles. The highest BCUT2D eigenvalue weighted by Gasteiger charge is 2.67. The quantitative estimate of drug-likeness (QED) is 0.474. The fourth-order valence-corrected chi connectivity index (χ4v) is 2.47. The maximum Gasteiger partial charge on any atom is 0.446 e. The van der Waals surface area contributed by atoms with Crippen molar-refractivity contribution in [3.8, 4) is 0 Å². The number of hydrogen-bond acceptors (Lipinski definition) is 3. The number of rotatable bonds is 4. The van der Waals surface area contributed by atoms with E-state index in [0.29, 0.717) is 6.07 Å². The summed E-state index contributed by atoms with van der Waals surface area (Å²) in [6, 6.07) is 0.639. The minimum Gasteiger partial charge on any atom is -0.207 e. The largest absolute Gasteiger partial charge is 0.446 e. The molecule has 1 aromatic rings. The number of hydrogen-bond donors (Lipinski definition) is 0. The van der Waals surface area contributed by atoms with Crippen LogP contribution in [0, 0.1) is 18.6 Å². The topological polar surface area (TPSA) is 34.1 Å². The van der Waals surface area contributed by atoms with Crippen LogP contribution < -0.4 is 0 Å². The first-order valence-corrected chi connectivity index (χ1v) is 6.84. The van der Waals surface area contributed by atoms with Gasteiger partial charge < -0.3 is 0 Å². The van der Waals surface area contributed by atoms with E-state index in [0.717, 1.165) is 6.92 Å². The second-order valence-electron chi connectivity index (χ2n) is 3.61. The molecule has 20 heavy (non-hydrogen) atoms. The Balaban J connectivity index is 3.25. The van der Waals surface area contributed by atoms with Gasteiger partial charge in [-0.2, -0.15) is 26.0 Å². The average Bonchev–Trinajstić information content (AvgIpc) is 2.23. The second-order valence-corrected chi connectivity index (χ2v) is 6.15. The van der Waals surface area contributed by atoms with Crippen molar-refractivity contribution in [2.45, 2.75) is 22.3 Å². The van der Waals surface area contributed by atoms with Gasteiger partial charge >= 0.3 is 20.7 Å². The molecule has 0 saturated carbocycles. The number of benzene rings is 1. The average molecular weight is 342 g/mol. The normalized spacial score (nSPS) is 13.6. The first kappa shape index (κ1) is 17.1. The van der Waals surface area contributed by atoms with Crippen molar-refractivity contribution in [1.29, 1.82) is 0 Å². The van der Waals surface area contributed by atoms with Gasteiger partial charge in [0.25, 0.3) is 0 Å². The molecule has 0 aliphatic rings. The van der Waals surface area contributed by atoms with Gasteiger partial charge in [0.05, 0.1) is 4.90 Å². The summed E-state index contributed by atoms with van der Waals surface area (Å²) in [4.78, 5) is -1.28. The summed E-state index contributed by atoms with van der Waals surface area (Å²) in [5, 5.41) is -11.6. The Morgan fingerprint density at radius 1 is 1.05 bits per heavy atom. The molecule has 0 aromatic heterocycles. The van der Waals surface area contributed by atoms with E-state index in [9.17, 15) is 38.6 Å². The van der Waals surface area contributed by atoms with Crippen LogP contribution in [0.3, 0.4) is 0 Å². The SMILES string of the molecule is Cc1cc(F)c(SC(F)(F)C(F)(F)S(=O)(=O)F)cc1F. The second kappa shape index (κ2) is 5.10. The van der Waals surface area contributed by atoms with Crippen molar-refractivity contribution >= 4 is 22.0 Å². The molecule has 0 fully saturated rings. The van der Waals surface area contributed by atoms with Crippen molar-refractivity contribution in [3.63, 3.8) is 0 Å². The zero-order valence-corrected chi connectivity index (χ0v) is 11.1. The lowest BCUT2D eigenvalue weighted by Crippen LogP contribution is -2.42. The van der Waals surface area contributed by atoms with E-state index in [1.165, 1.54) is 0 Å². The first-order chi connectivity index (χ1) is 8.79. The molecular formula is C9H5F7O2S2. The lowest BCUT2D eigenvalue weighted by Gasteiger charge is -2.22. The Labute approximate surface area is 113 Å². The molecule has 0 N–H and O–H groups in total. The molecular weight excluding hydrogens is 337 g/mol. The van der Waals surface area contributed by atoms with Gasteiger partial charge in [-0.3, -0.25) is 0 Å². The monoisotopic (exact) mass is 342 g/mol. The van der Waals surface area contributed by atoms with E-state index in [4.69, 9.17) is 0 Å². The molecule has 0 saturated heterocycles. The van der Waals surface area contributed by atoms with E-state index in [2.05, 4.69) is 0 Å². The van der Waals surface area contributed by atoms with Crippen LogP contribution in [-0.2, 0) is 10.2 Å². The summed E-state index contributed by atoms with van der Waals surface area (Å²) in [5.41, 5.74) is -0.278. The third kappa shape index (κ3) is 3.03. The van der Waals surface area contributed by atoms with Crippen LogP contribution >= 0.6 is 11.8 Å². The summed E-state index contributed by atoms with van der Waals surface area (Å²) in [5.74, 6) is -2.64. The van der Waals surface area contributed by atoms with E-state index >= 15 is 0 Å². The van der Waals surface area contributed by atoms with Gasteiger partial charge in [0.1, 0.15) is 11.6 Å². The highest BCUT2D eigenvalue weighted by atomic mass is 32.3. The van der Waals surface area contributed by atoms with Crippen LogP contribution in [-0.4, -0.2) is 18.9 Å². The van der Waals surface area contributed by atoms with Crippen molar-refractivity contribution in [1.82, 2.24) is 0 Å². The van der Waals surface area contributed by atoms with Crippen LogP contribution in [0.15, 0.2) is 17.0 Å². The summed E-state index contributed by atoms with van der Waals surface area (Å²) >= 11 is -1.29. The van der Waals surface area contributed by atoms with Gasteiger partial charge in [-0.15, -0.1) is 0 Å². The number of thioether (sulfide) groups is 1. The number of aryl methyl sites for hydroxylation is 1. The highest BCUT2D eigenvalue weighted by Crippen LogP contribution is 2.50. The minimum absolute atomic E-state index is 0.185. The fourth-order valence-electron chi connectivity index (χ4n) is 1.05. The molecule has 0 radical (unpaired) electrons. The molecule has 0 atom stereocenters. The van der Waals surface area contributed by atoms with Crippen LogP contribution in [0.25, 0.3) is 0 Å². The Bertz CT molecular complexity index is 627. The van der Waals surface area contributed by atoms with Crippen molar-refractivity contribution in [2.24, 2.45) is 0 Å². The standard InChI is InChI=1S/C9H5F7O2S2/c1-4-2-6(11)7(3-5(4)10)19-8(12,13)9(14,15)20(16,17)18/h2-3H,1H3. The Morgan fingerprint density at radius 2 is 1.55 bits per heavy atom. The van der Waals surface area contributed by atoms with Gasteiger partial charge in [0, 0.05) is 0 Å². The molecule has 114 valence electrons. The summed E-state index contributed by atoms with van der Waals surface area (Å²) in [7, 11) is -6.93. The van der Waals surface area contributed by atoms with Gasteiger partial charge in [0.2, 0.25) is 0 Å². The van der Waals surface area contributed by atoms with Gasteiger partial charge in [-0.1, -0.05) is 3.89 Å². The highest BCUT2D eigenvalue weighted by molar-refractivity contribution is 8.01. The van der Waals surface area contributed by atoms with E-state index in [-0.39, 0.29) is 11.6 Å². The Hall–Kier alpha value is -0.970. The van der Waals surface area contributed by atoms with E-state index in [1.54, 1.807) is 0 Å². The summed E-state index contributed by atoms with van der Waals surface area (Å²) in [6.45, 7) is 1.09. The van der Waals surface area contributed by atoms with Crippen LogP contribution in [0.5, 0.6) is 0 Å². The third-order valence-electron chi connectivity index (χ3n) is 2.10. The number of alkyl halides is 4. The Kier molecular flexibility index (Phi) is 4.35. The molecule has 0 spiro atoms. The lowest BCUT2D eigenvalue weighted by molar-refractivity contribution is -0.0928. The maximum atomic E-state index is 13.2. The van der Waals surface area contributed by atoms with Gasteiger partial charge in [-0.05, 0) is 36.4 Å². The zero-order chi connectivity index (χ0) is 15.9. The Morgan fingerprint density at radius 3 is 2.00 bits per heavy atom. The summed E-state index contributed by atoms with van der Waals surface area (Å²) in [6.07, 6.45) is 0. The molecule has 0 aliphatic carbocycles. The minimum atomic E-state index is -6.93. The molecule has 1 aromatic carbocycles. The van der Waals surface area contributed by atoms with Gasteiger partial charge in [-0.25, -0.2) is 8.78 Å². The van der Waals surface area contributed by atoms with Crippen LogP contribution in [0.2, 0.25) is 0 Å². The van der Waals surface area contributed by atoms with Crippen molar-refractivity contribution in [2.75, 3.05) is 0 Å². The first-order valence-electron chi connectivity index (χ1n) is 4.64. The molecule has 1 rings (SSSR count). The molecule has 0 heterocycles. The predicted molar refractivity (Wildman–Crippen MR) is 56.9 cm³/mol. The van der Waals surface area contributed by atoms with E-state index in [1.807, 2.05) is 0 Å². The van der Waals surface area contributed by atoms with Crippen LogP contribution in [0.1, 0.15) is 5.56 Å². The molecule has 0 amide bonds. The van der Waals surface area contributed by atoms with E-state index < -0.39 is 49.0 Å². The molecule has 0 bridgehead atoms. The van der Waals surface area contributed by atoms with Crippen LogP contribution in [0.4, 0.5) is 30.2 Å². The molecule has 2 nitrogen and oxygen atoms in total. The van der Waals surface area contributed by atoms with Crippen molar-refractivity contribution < 1.29 is 38.6 Å². The fraction of sp³-hybridized carbons (Fsp3) is 0.333. The van der Waals surface area contributed by atoms with Crippen molar-refractivity contribution in [3.05, 3.63) is 29.3 Å². The maximum absolute atomic E-state index is 13.2. The van der Waals surface area contributed by atoms with Gasteiger partial charge in [0.15, 0.2) is 0 Å². The predicted octanol–water partition coefficient (Wildman–Crippen LogP) is 3.85. The number of halogens is 7.